The summed E-state index contributed by atoms with van der Waals surface area (Å²) in [5.74, 6) is 1.50. The number of piperidine rings is 1. The van der Waals surface area contributed by atoms with Crippen LogP contribution in [0.15, 0.2) is 0 Å². The van der Waals surface area contributed by atoms with Crippen LogP contribution < -0.4 is 0 Å². The van der Waals surface area contributed by atoms with Gasteiger partial charge in [-0.25, -0.2) is 0 Å². The molecule has 0 aromatic rings. The molecule has 0 radical (unpaired) electrons. The Morgan fingerprint density at radius 3 is 2.38 bits per heavy atom. The fraction of sp³-hybridized carbons (Fsp3) is 0.929. The molecule has 1 aliphatic carbocycles. The largest absolute Gasteiger partial charge is 0.339 e. The number of likely N-dealkylation sites (tertiary alicyclic amines) is 1. The van der Waals surface area contributed by atoms with Crippen LogP contribution in [-0.2, 0) is 4.79 Å². The van der Waals surface area contributed by atoms with Gasteiger partial charge in [-0.3, -0.25) is 4.79 Å². The zero-order chi connectivity index (χ0) is 11.5. The Morgan fingerprint density at radius 1 is 1.00 bits per heavy atom. The third-order valence-electron chi connectivity index (χ3n) is 4.36. The smallest absolute Gasteiger partial charge is 0.225 e. The van der Waals surface area contributed by atoms with Crippen LogP contribution in [-0.4, -0.2) is 23.4 Å². The van der Waals surface area contributed by atoms with E-state index in [2.05, 4.69) is 18.7 Å². The molecule has 2 atom stereocenters. The standard InChI is InChI=1S/C14H25NO/c1-11-8-9-12(2)15(10-11)14(16)13-6-4-3-5-7-13/h11-13H,3-10H2,1-2H3/t11-,12+/m0/s1. The first-order valence-electron chi connectivity index (χ1n) is 6.99. The first-order valence-corrected chi connectivity index (χ1v) is 6.99. The number of carbonyl (C=O) groups is 1. The van der Waals surface area contributed by atoms with Crippen LogP contribution in [0.1, 0.15) is 58.8 Å². The number of amides is 1. The molecule has 0 aromatic carbocycles. The molecule has 1 saturated heterocycles. The maximum Gasteiger partial charge on any atom is 0.225 e. The summed E-state index contributed by atoms with van der Waals surface area (Å²) in [4.78, 5) is 14.6. The van der Waals surface area contributed by atoms with E-state index in [0.29, 0.717) is 23.8 Å². The van der Waals surface area contributed by atoms with Crippen molar-refractivity contribution in [2.75, 3.05) is 6.54 Å². The Bertz CT molecular complexity index is 245. The van der Waals surface area contributed by atoms with Gasteiger partial charge in [-0.1, -0.05) is 26.2 Å². The van der Waals surface area contributed by atoms with Crippen LogP contribution in [0.4, 0.5) is 0 Å². The van der Waals surface area contributed by atoms with Crippen molar-refractivity contribution in [3.63, 3.8) is 0 Å². The van der Waals surface area contributed by atoms with Crippen LogP contribution in [0.2, 0.25) is 0 Å². The molecule has 2 nitrogen and oxygen atoms in total. The van der Waals surface area contributed by atoms with Gasteiger partial charge in [-0.15, -0.1) is 0 Å². The van der Waals surface area contributed by atoms with Crippen molar-refractivity contribution in [3.8, 4) is 0 Å². The van der Waals surface area contributed by atoms with E-state index in [1.165, 1.54) is 32.1 Å². The molecule has 16 heavy (non-hydrogen) atoms. The molecule has 2 heteroatoms. The monoisotopic (exact) mass is 223 g/mol. The molecule has 1 saturated carbocycles. The molecule has 2 fully saturated rings. The summed E-state index contributed by atoms with van der Waals surface area (Å²) in [5, 5.41) is 0. The summed E-state index contributed by atoms with van der Waals surface area (Å²) in [6.45, 7) is 5.48. The molecule has 0 N–H and O–H groups in total. The minimum absolute atomic E-state index is 0.349. The van der Waals surface area contributed by atoms with E-state index in [4.69, 9.17) is 0 Å². The van der Waals surface area contributed by atoms with E-state index in [-0.39, 0.29) is 0 Å². The van der Waals surface area contributed by atoms with Gasteiger partial charge in [0.2, 0.25) is 5.91 Å². The topological polar surface area (TPSA) is 20.3 Å². The number of nitrogens with zero attached hydrogens (tertiary/aromatic N) is 1. The van der Waals surface area contributed by atoms with Crippen molar-refractivity contribution in [2.24, 2.45) is 11.8 Å². The van der Waals surface area contributed by atoms with Gasteiger partial charge in [0, 0.05) is 18.5 Å². The highest BCUT2D eigenvalue weighted by Gasteiger charge is 2.31. The van der Waals surface area contributed by atoms with E-state index in [0.717, 1.165) is 19.4 Å². The Balaban J connectivity index is 1.96. The average molecular weight is 223 g/mol. The molecular formula is C14H25NO. The molecule has 0 bridgehead atoms. The summed E-state index contributed by atoms with van der Waals surface area (Å²) >= 11 is 0. The van der Waals surface area contributed by atoms with Gasteiger partial charge in [0.05, 0.1) is 0 Å². The van der Waals surface area contributed by atoms with Crippen molar-refractivity contribution in [1.82, 2.24) is 4.90 Å². The Kier molecular flexibility index (Phi) is 3.88. The fourth-order valence-electron chi connectivity index (χ4n) is 3.18. The molecule has 92 valence electrons. The normalized spacial score (nSPS) is 32.8. The zero-order valence-electron chi connectivity index (χ0n) is 10.7. The van der Waals surface area contributed by atoms with Gasteiger partial charge in [0.15, 0.2) is 0 Å². The van der Waals surface area contributed by atoms with Crippen molar-refractivity contribution in [2.45, 2.75) is 64.8 Å². The predicted molar refractivity (Wildman–Crippen MR) is 66.1 cm³/mol. The Hall–Kier alpha value is -0.530. The second-order valence-corrected chi connectivity index (χ2v) is 5.86. The molecule has 0 unspecified atom stereocenters. The van der Waals surface area contributed by atoms with Gasteiger partial charge in [-0.05, 0) is 38.5 Å². The van der Waals surface area contributed by atoms with Crippen LogP contribution in [0.3, 0.4) is 0 Å². The fourth-order valence-corrected chi connectivity index (χ4v) is 3.18. The minimum atomic E-state index is 0.349. The van der Waals surface area contributed by atoms with E-state index < -0.39 is 0 Å². The van der Waals surface area contributed by atoms with E-state index in [1.807, 2.05) is 0 Å². The molecular weight excluding hydrogens is 198 g/mol. The number of carbonyl (C=O) groups excluding carboxylic acids is 1. The highest BCUT2D eigenvalue weighted by Crippen LogP contribution is 2.29. The van der Waals surface area contributed by atoms with E-state index >= 15 is 0 Å². The highest BCUT2D eigenvalue weighted by atomic mass is 16.2. The van der Waals surface area contributed by atoms with Gasteiger partial charge in [-0.2, -0.15) is 0 Å². The first-order chi connectivity index (χ1) is 7.68. The molecule has 2 aliphatic rings. The second kappa shape index (κ2) is 5.20. The number of rotatable bonds is 1. The van der Waals surface area contributed by atoms with Gasteiger partial charge in [0.25, 0.3) is 0 Å². The molecule has 1 aliphatic heterocycles. The molecule has 1 heterocycles. The van der Waals surface area contributed by atoms with Crippen molar-refractivity contribution in [1.29, 1.82) is 0 Å². The van der Waals surface area contributed by atoms with Gasteiger partial charge >= 0.3 is 0 Å². The Labute approximate surface area is 99.4 Å². The van der Waals surface area contributed by atoms with Crippen LogP contribution in [0, 0.1) is 11.8 Å². The summed E-state index contributed by atoms with van der Waals surface area (Å²) in [6, 6.07) is 0.477. The molecule has 0 spiro atoms. The third kappa shape index (κ3) is 2.58. The van der Waals surface area contributed by atoms with Crippen LogP contribution in [0.25, 0.3) is 0 Å². The van der Waals surface area contributed by atoms with Gasteiger partial charge in [0.1, 0.15) is 0 Å². The minimum Gasteiger partial charge on any atom is -0.339 e. The van der Waals surface area contributed by atoms with Crippen molar-refractivity contribution >= 4 is 5.91 Å². The quantitative estimate of drug-likeness (QED) is 0.668. The zero-order valence-corrected chi connectivity index (χ0v) is 10.7. The maximum absolute atomic E-state index is 12.4. The number of hydrogen-bond donors (Lipinski definition) is 0. The van der Waals surface area contributed by atoms with Crippen molar-refractivity contribution < 1.29 is 4.79 Å². The molecule has 2 rings (SSSR count). The molecule has 1 amide bonds. The summed E-state index contributed by atoms with van der Waals surface area (Å²) in [5.41, 5.74) is 0. The summed E-state index contributed by atoms with van der Waals surface area (Å²) in [7, 11) is 0. The number of hydrogen-bond acceptors (Lipinski definition) is 1. The highest BCUT2D eigenvalue weighted by molar-refractivity contribution is 5.79. The summed E-state index contributed by atoms with van der Waals surface area (Å²) < 4.78 is 0. The van der Waals surface area contributed by atoms with Gasteiger partial charge < -0.3 is 4.90 Å². The lowest BCUT2D eigenvalue weighted by Crippen LogP contribution is -2.47. The van der Waals surface area contributed by atoms with Crippen LogP contribution >= 0.6 is 0 Å². The lowest BCUT2D eigenvalue weighted by Gasteiger charge is -2.39. The molecule has 0 aromatic heterocycles. The Morgan fingerprint density at radius 2 is 1.69 bits per heavy atom. The summed E-state index contributed by atoms with van der Waals surface area (Å²) in [6.07, 6.45) is 8.60. The lowest BCUT2D eigenvalue weighted by molar-refractivity contribution is -0.140. The van der Waals surface area contributed by atoms with Crippen molar-refractivity contribution in [3.05, 3.63) is 0 Å². The van der Waals surface area contributed by atoms with E-state index in [9.17, 15) is 4.79 Å². The second-order valence-electron chi connectivity index (χ2n) is 5.86. The maximum atomic E-state index is 12.4. The lowest BCUT2D eigenvalue weighted by atomic mass is 9.86. The van der Waals surface area contributed by atoms with Crippen LogP contribution in [0.5, 0.6) is 0 Å². The first kappa shape index (κ1) is 11.9. The SMILES string of the molecule is C[C@H]1CC[C@@H](C)N(C(=O)C2CCCCC2)C1. The third-order valence-corrected chi connectivity index (χ3v) is 4.36. The predicted octanol–water partition coefficient (Wildman–Crippen LogP) is 3.21. The van der Waals surface area contributed by atoms with E-state index in [1.54, 1.807) is 0 Å². The average Bonchev–Trinajstić information content (AvgIpc) is 2.32.